The van der Waals surface area contributed by atoms with Crippen molar-refractivity contribution < 1.29 is 19.1 Å². The number of anilines is 1. The van der Waals surface area contributed by atoms with Gasteiger partial charge >= 0.3 is 6.09 Å². The Morgan fingerprint density at radius 3 is 2.63 bits per heavy atom. The molecule has 1 saturated carbocycles. The zero-order valence-electron chi connectivity index (χ0n) is 16.4. The fourth-order valence-electron chi connectivity index (χ4n) is 4.16. The summed E-state index contributed by atoms with van der Waals surface area (Å²) < 4.78 is 11.1. The number of hydrogen-bond donors (Lipinski definition) is 3. The molecule has 1 aliphatic carbocycles. The maximum atomic E-state index is 12.9. The van der Waals surface area contributed by atoms with Gasteiger partial charge < -0.3 is 20.5 Å². The molecule has 1 saturated heterocycles. The molecule has 1 aliphatic heterocycles. The molecule has 0 aromatic heterocycles. The third-order valence-corrected chi connectivity index (χ3v) is 5.96. The minimum absolute atomic E-state index is 0.145. The molecule has 4 rings (SSSR count). The summed E-state index contributed by atoms with van der Waals surface area (Å²) in [6, 6.07) is 14.1. The summed E-state index contributed by atoms with van der Waals surface area (Å²) in [6.07, 6.45) is 1.74. The molecule has 2 fully saturated rings. The zero-order chi connectivity index (χ0) is 21.2. The van der Waals surface area contributed by atoms with Gasteiger partial charge in [0, 0.05) is 29.2 Å². The van der Waals surface area contributed by atoms with E-state index in [1.807, 2.05) is 30.3 Å². The van der Waals surface area contributed by atoms with E-state index in [1.54, 1.807) is 18.2 Å². The van der Waals surface area contributed by atoms with Gasteiger partial charge in [-0.3, -0.25) is 10.1 Å². The van der Waals surface area contributed by atoms with Crippen molar-refractivity contribution in [2.75, 3.05) is 18.5 Å². The topological polar surface area (TPSA) is 103 Å². The molecule has 2 amide bonds. The van der Waals surface area contributed by atoms with Crippen molar-refractivity contribution in [2.24, 2.45) is 5.73 Å². The number of amides is 2. The highest BCUT2D eigenvalue weighted by atomic mass is 35.5. The molecule has 30 heavy (non-hydrogen) atoms. The van der Waals surface area contributed by atoms with Crippen LogP contribution in [0.25, 0.3) is 0 Å². The van der Waals surface area contributed by atoms with Crippen LogP contribution < -0.4 is 16.4 Å². The van der Waals surface area contributed by atoms with Crippen LogP contribution in [0.4, 0.5) is 10.5 Å². The maximum Gasteiger partial charge on any atom is 0.411 e. The Bertz CT molecular complexity index is 943. The van der Waals surface area contributed by atoms with Gasteiger partial charge in [-0.1, -0.05) is 41.9 Å². The number of halogens is 1. The average molecular weight is 430 g/mol. The highest BCUT2D eigenvalue weighted by Crippen LogP contribution is 2.46. The number of carbonyl (C=O) groups excluding carboxylic acids is 2. The van der Waals surface area contributed by atoms with Crippen LogP contribution in [0.5, 0.6) is 0 Å². The molecule has 158 valence electrons. The van der Waals surface area contributed by atoms with Gasteiger partial charge in [-0.05, 0) is 36.6 Å². The van der Waals surface area contributed by atoms with Crippen LogP contribution in [0.1, 0.15) is 35.2 Å². The summed E-state index contributed by atoms with van der Waals surface area (Å²) >= 11 is 6.18. The highest BCUT2D eigenvalue weighted by Gasteiger charge is 2.55. The highest BCUT2D eigenvalue weighted by molar-refractivity contribution is 6.31. The quantitative estimate of drug-likeness (QED) is 0.652. The van der Waals surface area contributed by atoms with Crippen molar-refractivity contribution in [3.05, 3.63) is 64.7 Å². The number of ether oxygens (including phenoxy) is 2. The smallest absolute Gasteiger partial charge is 0.411 e. The van der Waals surface area contributed by atoms with Crippen molar-refractivity contribution in [3.8, 4) is 0 Å². The van der Waals surface area contributed by atoms with E-state index < -0.39 is 11.6 Å². The largest absolute Gasteiger partial charge is 0.444 e. The first kappa shape index (κ1) is 20.7. The van der Waals surface area contributed by atoms with Crippen molar-refractivity contribution in [1.82, 2.24) is 5.32 Å². The lowest BCUT2D eigenvalue weighted by Gasteiger charge is -2.28. The van der Waals surface area contributed by atoms with Gasteiger partial charge in [0.25, 0.3) is 5.91 Å². The number of benzene rings is 2. The Kier molecular flexibility index (Phi) is 5.69. The minimum atomic E-state index is -0.626. The van der Waals surface area contributed by atoms with Gasteiger partial charge in [0.05, 0.1) is 17.7 Å². The molecule has 2 atom stereocenters. The third-order valence-electron chi connectivity index (χ3n) is 5.74. The summed E-state index contributed by atoms with van der Waals surface area (Å²) in [5.74, 6) is -0.267. The number of fused-ring (bicyclic) bond motifs is 2. The van der Waals surface area contributed by atoms with Crippen molar-refractivity contribution in [2.45, 2.75) is 37.0 Å². The zero-order valence-corrected chi connectivity index (χ0v) is 17.2. The van der Waals surface area contributed by atoms with Crippen LogP contribution in [0.3, 0.4) is 0 Å². The van der Waals surface area contributed by atoms with Gasteiger partial charge in [0.2, 0.25) is 0 Å². The van der Waals surface area contributed by atoms with E-state index in [1.165, 1.54) is 0 Å². The normalized spacial score (nSPS) is 24.5. The first-order valence-electron chi connectivity index (χ1n) is 9.86. The molecule has 0 unspecified atom stereocenters. The Morgan fingerprint density at radius 2 is 1.97 bits per heavy atom. The monoisotopic (exact) mass is 429 g/mol. The second kappa shape index (κ2) is 8.26. The molecular formula is C22H24ClN3O4. The van der Waals surface area contributed by atoms with Gasteiger partial charge in [0.1, 0.15) is 6.61 Å². The number of rotatable bonds is 6. The summed E-state index contributed by atoms with van der Waals surface area (Å²) in [7, 11) is 0. The van der Waals surface area contributed by atoms with E-state index in [2.05, 4.69) is 10.6 Å². The molecule has 2 aromatic carbocycles. The molecule has 0 radical (unpaired) electrons. The SMILES string of the molecule is NC[C@]12CC[C@](NC(=O)c3cc(Cl)cc(NC(=O)OCc4ccccc4)c3)(CO1)C2. The van der Waals surface area contributed by atoms with Crippen molar-refractivity contribution in [1.29, 1.82) is 0 Å². The summed E-state index contributed by atoms with van der Waals surface area (Å²) in [4.78, 5) is 25.0. The predicted octanol–water partition coefficient (Wildman–Crippen LogP) is 3.47. The summed E-state index contributed by atoms with van der Waals surface area (Å²) in [5, 5.41) is 6.05. The molecule has 2 aliphatic rings. The third kappa shape index (κ3) is 4.43. The van der Waals surface area contributed by atoms with Crippen LogP contribution in [0.15, 0.2) is 48.5 Å². The Labute approximate surface area is 179 Å². The van der Waals surface area contributed by atoms with Crippen molar-refractivity contribution >= 4 is 29.3 Å². The summed E-state index contributed by atoms with van der Waals surface area (Å²) in [6.45, 7) is 1.04. The average Bonchev–Trinajstić information content (AvgIpc) is 3.29. The molecular weight excluding hydrogens is 406 g/mol. The van der Waals surface area contributed by atoms with Gasteiger partial charge in [-0.2, -0.15) is 0 Å². The number of hydrogen-bond acceptors (Lipinski definition) is 5. The van der Waals surface area contributed by atoms with E-state index in [0.29, 0.717) is 35.8 Å². The Balaban J connectivity index is 1.39. The van der Waals surface area contributed by atoms with E-state index in [-0.39, 0.29) is 18.1 Å². The van der Waals surface area contributed by atoms with Crippen LogP contribution in [0.2, 0.25) is 5.02 Å². The molecule has 8 heteroatoms. The van der Waals surface area contributed by atoms with Crippen LogP contribution in [-0.2, 0) is 16.1 Å². The second-order valence-electron chi connectivity index (χ2n) is 8.00. The maximum absolute atomic E-state index is 12.9. The molecule has 2 bridgehead atoms. The van der Waals surface area contributed by atoms with Gasteiger partial charge in [0.15, 0.2) is 0 Å². The number of carbonyl (C=O) groups is 2. The molecule has 0 spiro atoms. The van der Waals surface area contributed by atoms with E-state index in [9.17, 15) is 9.59 Å². The second-order valence-corrected chi connectivity index (χ2v) is 8.44. The fraction of sp³-hybridized carbons (Fsp3) is 0.364. The Morgan fingerprint density at radius 1 is 1.17 bits per heavy atom. The van der Waals surface area contributed by atoms with Crippen LogP contribution in [0, 0.1) is 0 Å². The Hall–Kier alpha value is -2.61. The van der Waals surface area contributed by atoms with E-state index in [4.69, 9.17) is 26.8 Å². The molecule has 7 nitrogen and oxygen atoms in total. The standard InChI is InChI=1S/C22H24ClN3O4/c23-17-8-16(19(27)26-21-6-7-22(12-21,13-24)30-14-21)9-18(10-17)25-20(28)29-11-15-4-2-1-3-5-15/h1-5,8-10H,6-7,11-14,24H2,(H,25,28)(H,26,27)/t21-,22-/m1/s1. The first-order valence-corrected chi connectivity index (χ1v) is 10.2. The lowest BCUT2D eigenvalue weighted by atomic mass is 9.97. The van der Waals surface area contributed by atoms with E-state index in [0.717, 1.165) is 18.4 Å². The van der Waals surface area contributed by atoms with Crippen molar-refractivity contribution in [3.63, 3.8) is 0 Å². The van der Waals surface area contributed by atoms with Gasteiger partial charge in [-0.25, -0.2) is 4.79 Å². The van der Waals surface area contributed by atoms with Crippen LogP contribution in [-0.4, -0.2) is 36.3 Å². The first-order chi connectivity index (χ1) is 14.4. The van der Waals surface area contributed by atoms with Gasteiger partial charge in [-0.15, -0.1) is 0 Å². The lowest BCUT2D eigenvalue weighted by molar-refractivity contribution is -0.0151. The molecule has 1 heterocycles. The van der Waals surface area contributed by atoms with E-state index >= 15 is 0 Å². The number of nitrogens with one attached hydrogen (secondary N) is 2. The van der Waals surface area contributed by atoms with Crippen LogP contribution >= 0.6 is 11.6 Å². The number of nitrogens with two attached hydrogens (primary N) is 1. The molecule has 2 aromatic rings. The predicted molar refractivity (Wildman–Crippen MR) is 113 cm³/mol. The lowest BCUT2D eigenvalue weighted by Crippen LogP contribution is -2.48. The minimum Gasteiger partial charge on any atom is -0.444 e. The fourth-order valence-corrected chi connectivity index (χ4v) is 4.39. The summed E-state index contributed by atoms with van der Waals surface area (Å²) in [5.41, 5.74) is 6.74. The molecule has 4 N–H and O–H groups in total.